The van der Waals surface area contributed by atoms with Crippen LogP contribution >= 0.6 is 0 Å². The molecule has 0 heterocycles. The van der Waals surface area contributed by atoms with Crippen molar-refractivity contribution < 1.29 is 14.3 Å². The van der Waals surface area contributed by atoms with E-state index in [0.717, 1.165) is 0 Å². The first-order valence-electron chi connectivity index (χ1n) is 3.67. The Bertz CT molecular complexity index is 205. The lowest BCUT2D eigenvalue weighted by Gasteiger charge is -2.23. The van der Waals surface area contributed by atoms with Crippen LogP contribution in [0.1, 0.15) is 19.8 Å². The first-order chi connectivity index (χ1) is 5.27. The topological polar surface area (TPSA) is 43.4 Å². The molecule has 0 aromatic rings. The summed E-state index contributed by atoms with van der Waals surface area (Å²) in [5, 5.41) is 0. The number of hydrogen-bond acceptors (Lipinski definition) is 3. The second-order valence-corrected chi connectivity index (χ2v) is 2.56. The van der Waals surface area contributed by atoms with E-state index < -0.39 is 0 Å². The first kappa shape index (κ1) is 8.02. The molecule has 0 aromatic carbocycles. The monoisotopic (exact) mass is 154 g/mol. The molecule has 0 bridgehead atoms. The highest BCUT2D eigenvalue weighted by Crippen LogP contribution is 2.31. The molecule has 0 unspecified atom stereocenters. The van der Waals surface area contributed by atoms with Crippen molar-refractivity contribution in [3.05, 3.63) is 5.57 Å². The van der Waals surface area contributed by atoms with Crippen LogP contribution in [0.25, 0.3) is 0 Å². The van der Waals surface area contributed by atoms with Gasteiger partial charge in [0.15, 0.2) is 0 Å². The third-order valence-corrected chi connectivity index (χ3v) is 1.75. The van der Waals surface area contributed by atoms with Crippen LogP contribution in [0, 0.1) is 5.92 Å². The number of hydrogen-bond donors (Lipinski definition) is 0. The summed E-state index contributed by atoms with van der Waals surface area (Å²) in [6.07, 6.45) is 1.09. The summed E-state index contributed by atoms with van der Waals surface area (Å²) >= 11 is 0. The molecule has 0 aromatic heterocycles. The lowest BCUT2D eigenvalue weighted by atomic mass is 9.81. The van der Waals surface area contributed by atoms with Gasteiger partial charge < -0.3 is 4.74 Å². The van der Waals surface area contributed by atoms with Crippen molar-refractivity contribution in [3.63, 3.8) is 0 Å². The van der Waals surface area contributed by atoms with Gasteiger partial charge in [-0.05, 0) is 19.8 Å². The van der Waals surface area contributed by atoms with Gasteiger partial charge in [0.2, 0.25) is 0 Å². The van der Waals surface area contributed by atoms with Crippen molar-refractivity contribution in [3.8, 4) is 0 Å². The molecule has 60 valence electrons. The summed E-state index contributed by atoms with van der Waals surface area (Å²) < 4.78 is 4.76. The highest BCUT2D eigenvalue weighted by molar-refractivity contribution is 5.77. The third-order valence-electron chi connectivity index (χ3n) is 1.75. The fourth-order valence-electron chi connectivity index (χ4n) is 1.05. The van der Waals surface area contributed by atoms with E-state index >= 15 is 0 Å². The van der Waals surface area contributed by atoms with Gasteiger partial charge in [0, 0.05) is 5.57 Å². The lowest BCUT2D eigenvalue weighted by molar-refractivity contribution is -0.149. The van der Waals surface area contributed by atoms with Crippen LogP contribution in [-0.2, 0) is 14.3 Å². The van der Waals surface area contributed by atoms with Crippen LogP contribution in [0.5, 0.6) is 0 Å². The standard InChI is InChI=1S/C8H10O3/c1-2-11-8(10)7-3-6(4-7)5-9/h7H,2-4H2,1H3. The third kappa shape index (κ3) is 1.69. The van der Waals surface area contributed by atoms with Crippen LogP contribution < -0.4 is 0 Å². The predicted octanol–water partition coefficient (Wildman–Crippen LogP) is 0.718. The molecule has 0 atom stereocenters. The van der Waals surface area contributed by atoms with Gasteiger partial charge in [-0.1, -0.05) is 0 Å². The fourth-order valence-corrected chi connectivity index (χ4v) is 1.05. The number of allylic oxidation sites excluding steroid dienone is 1. The van der Waals surface area contributed by atoms with Gasteiger partial charge in [0.05, 0.1) is 12.5 Å². The molecule has 0 spiro atoms. The molecule has 3 heteroatoms. The van der Waals surface area contributed by atoms with Crippen LogP contribution in [0.2, 0.25) is 0 Å². The summed E-state index contributed by atoms with van der Waals surface area (Å²) in [6.45, 7) is 2.18. The predicted molar refractivity (Wildman–Crippen MR) is 38.6 cm³/mol. The average Bonchev–Trinajstić information content (AvgIpc) is 1.86. The maximum atomic E-state index is 10.9. The van der Waals surface area contributed by atoms with Crippen LogP contribution in [0.3, 0.4) is 0 Å². The molecule has 1 fully saturated rings. The number of carbonyl (C=O) groups excluding carboxylic acids is 2. The van der Waals surface area contributed by atoms with E-state index in [1.54, 1.807) is 12.9 Å². The second kappa shape index (κ2) is 3.35. The Morgan fingerprint density at radius 2 is 2.36 bits per heavy atom. The molecule has 1 aliphatic carbocycles. The molecule has 1 aliphatic rings. The zero-order valence-corrected chi connectivity index (χ0v) is 6.42. The van der Waals surface area contributed by atoms with E-state index in [1.807, 2.05) is 0 Å². The molecule has 1 saturated carbocycles. The Kier molecular flexibility index (Phi) is 2.44. The summed E-state index contributed by atoms with van der Waals surface area (Å²) in [5.41, 5.74) is 0.697. The van der Waals surface area contributed by atoms with Crippen LogP contribution in [0.15, 0.2) is 5.57 Å². The van der Waals surface area contributed by atoms with Crippen molar-refractivity contribution in [2.24, 2.45) is 5.92 Å². The van der Waals surface area contributed by atoms with Crippen LogP contribution in [-0.4, -0.2) is 18.5 Å². The fraction of sp³-hybridized carbons (Fsp3) is 0.625. The first-order valence-corrected chi connectivity index (χ1v) is 3.67. The lowest BCUT2D eigenvalue weighted by Crippen LogP contribution is -2.26. The van der Waals surface area contributed by atoms with E-state index in [2.05, 4.69) is 0 Å². The maximum Gasteiger partial charge on any atom is 0.309 e. The zero-order valence-electron chi connectivity index (χ0n) is 6.42. The SMILES string of the molecule is CCOC(=O)C1CC(=C=O)C1. The summed E-state index contributed by atoms with van der Waals surface area (Å²) in [5.74, 6) is 1.52. The maximum absolute atomic E-state index is 10.9. The smallest absolute Gasteiger partial charge is 0.309 e. The molecule has 3 nitrogen and oxygen atoms in total. The van der Waals surface area contributed by atoms with Gasteiger partial charge in [0.1, 0.15) is 5.94 Å². The molecule has 0 radical (unpaired) electrons. The normalized spacial score (nSPS) is 21.9. The van der Waals surface area contributed by atoms with Gasteiger partial charge in [-0.25, -0.2) is 4.79 Å². The van der Waals surface area contributed by atoms with Crippen LogP contribution in [0.4, 0.5) is 0 Å². The van der Waals surface area contributed by atoms with Gasteiger partial charge in [-0.2, -0.15) is 0 Å². The second-order valence-electron chi connectivity index (χ2n) is 2.56. The van der Waals surface area contributed by atoms with E-state index in [4.69, 9.17) is 4.74 Å². The molecule has 11 heavy (non-hydrogen) atoms. The molecule has 0 aliphatic heterocycles. The quantitative estimate of drug-likeness (QED) is 0.434. The minimum absolute atomic E-state index is 0.0774. The largest absolute Gasteiger partial charge is 0.466 e. The van der Waals surface area contributed by atoms with Crippen molar-refractivity contribution >= 4 is 11.9 Å². The number of rotatable bonds is 2. The Morgan fingerprint density at radius 1 is 1.73 bits per heavy atom. The average molecular weight is 154 g/mol. The highest BCUT2D eigenvalue weighted by atomic mass is 16.5. The minimum Gasteiger partial charge on any atom is -0.466 e. The molecule has 0 saturated heterocycles. The Morgan fingerprint density at radius 3 is 2.82 bits per heavy atom. The number of esters is 1. The van der Waals surface area contributed by atoms with E-state index in [9.17, 15) is 9.59 Å². The number of carbonyl (C=O) groups is 1. The Labute approximate surface area is 65.0 Å². The van der Waals surface area contributed by atoms with E-state index in [0.29, 0.717) is 25.0 Å². The van der Waals surface area contributed by atoms with E-state index in [1.165, 1.54) is 0 Å². The van der Waals surface area contributed by atoms with Gasteiger partial charge in [-0.3, -0.25) is 4.79 Å². The van der Waals surface area contributed by atoms with Crippen molar-refractivity contribution in [2.75, 3.05) is 6.61 Å². The van der Waals surface area contributed by atoms with Gasteiger partial charge in [0.25, 0.3) is 0 Å². The zero-order chi connectivity index (χ0) is 8.27. The number of ether oxygens (including phenoxy) is 1. The van der Waals surface area contributed by atoms with Gasteiger partial charge in [-0.15, -0.1) is 0 Å². The summed E-state index contributed by atoms with van der Waals surface area (Å²) in [7, 11) is 0. The van der Waals surface area contributed by atoms with Gasteiger partial charge >= 0.3 is 5.97 Å². The Balaban J connectivity index is 2.32. The van der Waals surface area contributed by atoms with Crippen molar-refractivity contribution in [2.45, 2.75) is 19.8 Å². The molecule has 0 N–H and O–H groups in total. The Hall–Kier alpha value is -1.08. The van der Waals surface area contributed by atoms with Crippen molar-refractivity contribution in [1.29, 1.82) is 0 Å². The summed E-state index contributed by atoms with van der Waals surface area (Å²) in [6, 6.07) is 0. The highest BCUT2D eigenvalue weighted by Gasteiger charge is 2.31. The molecular weight excluding hydrogens is 144 g/mol. The molecular formula is C8H10O3. The summed E-state index contributed by atoms with van der Waals surface area (Å²) in [4.78, 5) is 20.9. The molecule has 0 amide bonds. The molecule has 1 rings (SSSR count). The van der Waals surface area contributed by atoms with E-state index in [-0.39, 0.29) is 11.9 Å². The minimum atomic E-state index is -0.188. The van der Waals surface area contributed by atoms with Crippen molar-refractivity contribution in [1.82, 2.24) is 0 Å².